The van der Waals surface area contributed by atoms with E-state index in [1.165, 1.54) is 30.6 Å². The number of nitrogens with one attached hydrogen (secondary N) is 1. The number of amides is 1. The van der Waals surface area contributed by atoms with E-state index in [0.717, 1.165) is 17.0 Å². The number of hydrogen-bond acceptors (Lipinski definition) is 5. The number of methoxy groups -OCH3 is 1. The van der Waals surface area contributed by atoms with Crippen LogP contribution >= 0.6 is 11.3 Å². The summed E-state index contributed by atoms with van der Waals surface area (Å²) in [6.07, 6.45) is -4.85. The zero-order chi connectivity index (χ0) is 18.4. The van der Waals surface area contributed by atoms with Crippen molar-refractivity contribution in [2.24, 2.45) is 0 Å². The van der Waals surface area contributed by atoms with E-state index in [-0.39, 0.29) is 12.0 Å². The lowest BCUT2D eigenvalue weighted by Gasteiger charge is -2.16. The third-order valence-corrected chi connectivity index (χ3v) is 4.13. The van der Waals surface area contributed by atoms with Gasteiger partial charge in [-0.15, -0.1) is 24.5 Å². The van der Waals surface area contributed by atoms with Crippen LogP contribution in [0.5, 0.6) is 5.75 Å². The smallest absolute Gasteiger partial charge is 0.469 e. The molecule has 1 heterocycles. The van der Waals surface area contributed by atoms with Crippen LogP contribution < -0.4 is 10.1 Å². The normalized spacial score (nSPS) is 12.3. The van der Waals surface area contributed by atoms with Crippen molar-refractivity contribution in [3.8, 4) is 5.75 Å². The second-order valence-corrected chi connectivity index (χ2v) is 5.87. The Morgan fingerprint density at radius 1 is 1.20 bits per heavy atom. The summed E-state index contributed by atoms with van der Waals surface area (Å²) in [5, 5.41) is 4.48. The average molecular weight is 373 g/mol. The number of esters is 1. The van der Waals surface area contributed by atoms with Crippen molar-refractivity contribution >= 4 is 23.2 Å². The lowest BCUT2D eigenvalue weighted by atomic mass is 10.1. The molecule has 0 aliphatic carbocycles. The summed E-state index contributed by atoms with van der Waals surface area (Å²) in [5.74, 6) is -1.44. The van der Waals surface area contributed by atoms with Gasteiger partial charge in [-0.1, -0.05) is 6.07 Å². The quantitative estimate of drug-likeness (QED) is 0.785. The molecule has 1 atom stereocenters. The Balaban J connectivity index is 2.08. The summed E-state index contributed by atoms with van der Waals surface area (Å²) in [5.41, 5.74) is 0.140. The molecule has 0 radical (unpaired) electrons. The predicted molar refractivity (Wildman–Crippen MR) is 84.3 cm³/mol. The minimum absolute atomic E-state index is 0.0575. The van der Waals surface area contributed by atoms with Gasteiger partial charge in [0.1, 0.15) is 5.75 Å². The molecule has 0 aliphatic rings. The maximum absolute atomic E-state index is 12.3. The van der Waals surface area contributed by atoms with Crippen molar-refractivity contribution in [3.05, 3.63) is 52.2 Å². The van der Waals surface area contributed by atoms with Crippen molar-refractivity contribution in [3.63, 3.8) is 0 Å². The Bertz CT molecular complexity index is 714. The van der Waals surface area contributed by atoms with E-state index < -0.39 is 30.0 Å². The fourth-order valence-electron chi connectivity index (χ4n) is 2.01. The third kappa shape index (κ3) is 5.79. The first kappa shape index (κ1) is 18.8. The molecule has 1 aromatic carbocycles. The second kappa shape index (κ2) is 8.02. The highest BCUT2D eigenvalue weighted by atomic mass is 32.1. The number of carbonyl (C=O) groups excluding carboxylic acids is 2. The molecule has 1 N–H and O–H groups in total. The molecule has 5 nitrogen and oxygen atoms in total. The van der Waals surface area contributed by atoms with Crippen molar-refractivity contribution in [2.75, 3.05) is 7.11 Å². The van der Waals surface area contributed by atoms with Gasteiger partial charge in [-0.25, -0.2) is 0 Å². The Hall–Kier alpha value is -2.55. The van der Waals surface area contributed by atoms with E-state index in [2.05, 4.69) is 14.8 Å². The van der Waals surface area contributed by atoms with E-state index in [0.29, 0.717) is 0 Å². The minimum atomic E-state index is -4.80. The van der Waals surface area contributed by atoms with Gasteiger partial charge in [0.25, 0.3) is 5.91 Å². The van der Waals surface area contributed by atoms with Gasteiger partial charge in [-0.3, -0.25) is 9.59 Å². The predicted octanol–water partition coefficient (Wildman–Crippen LogP) is 3.68. The molecule has 2 aromatic rings. The van der Waals surface area contributed by atoms with Gasteiger partial charge in [0.15, 0.2) is 0 Å². The molecule has 9 heteroatoms. The monoisotopic (exact) mass is 373 g/mol. The van der Waals surface area contributed by atoms with E-state index in [1.807, 2.05) is 0 Å². The highest BCUT2D eigenvalue weighted by Gasteiger charge is 2.31. The maximum Gasteiger partial charge on any atom is 0.573 e. The molecular formula is C16H14F3NO4S. The van der Waals surface area contributed by atoms with Gasteiger partial charge in [-0.2, -0.15) is 0 Å². The maximum atomic E-state index is 12.3. The molecule has 0 fully saturated rings. The van der Waals surface area contributed by atoms with E-state index in [4.69, 9.17) is 0 Å². The minimum Gasteiger partial charge on any atom is -0.469 e. The van der Waals surface area contributed by atoms with Crippen molar-refractivity contribution in [1.29, 1.82) is 0 Å². The molecule has 0 bridgehead atoms. The molecule has 0 spiro atoms. The van der Waals surface area contributed by atoms with Crippen LogP contribution in [0.4, 0.5) is 13.2 Å². The SMILES string of the molecule is COC(=O)CC(NC(=O)c1ccc(OC(F)(F)F)cc1)c1cccs1. The molecule has 1 unspecified atom stereocenters. The van der Waals surface area contributed by atoms with Crippen LogP contribution in [0.3, 0.4) is 0 Å². The number of ether oxygens (including phenoxy) is 2. The highest BCUT2D eigenvalue weighted by Crippen LogP contribution is 2.25. The van der Waals surface area contributed by atoms with Gasteiger partial charge < -0.3 is 14.8 Å². The zero-order valence-electron chi connectivity index (χ0n) is 13.0. The molecule has 1 aromatic heterocycles. The molecule has 1 amide bonds. The molecule has 0 saturated heterocycles. The van der Waals surface area contributed by atoms with Crippen LogP contribution in [0.25, 0.3) is 0 Å². The standard InChI is InChI=1S/C16H14F3NO4S/c1-23-14(21)9-12(13-3-2-8-25-13)20-15(22)10-4-6-11(7-5-10)24-16(17,18)19/h2-8,12H,9H2,1H3,(H,20,22). The van der Waals surface area contributed by atoms with Crippen molar-refractivity contribution in [1.82, 2.24) is 5.32 Å². The average Bonchev–Trinajstić information content (AvgIpc) is 3.07. The van der Waals surface area contributed by atoms with Crippen LogP contribution in [-0.4, -0.2) is 25.3 Å². The first-order valence-corrected chi connectivity index (χ1v) is 7.93. The highest BCUT2D eigenvalue weighted by molar-refractivity contribution is 7.10. The Morgan fingerprint density at radius 3 is 2.40 bits per heavy atom. The summed E-state index contributed by atoms with van der Waals surface area (Å²) in [6, 6.07) is 7.45. The number of thiophene rings is 1. The third-order valence-electron chi connectivity index (χ3n) is 3.14. The van der Waals surface area contributed by atoms with E-state index in [1.54, 1.807) is 17.5 Å². The van der Waals surface area contributed by atoms with Crippen LogP contribution in [0.1, 0.15) is 27.7 Å². The van der Waals surface area contributed by atoms with Crippen molar-refractivity contribution in [2.45, 2.75) is 18.8 Å². The second-order valence-electron chi connectivity index (χ2n) is 4.89. The summed E-state index contributed by atoms with van der Waals surface area (Å²) in [6.45, 7) is 0. The van der Waals surface area contributed by atoms with Gasteiger partial charge >= 0.3 is 12.3 Å². The molecule has 0 aliphatic heterocycles. The Labute approximate surface area is 145 Å². The Morgan fingerprint density at radius 2 is 1.88 bits per heavy atom. The van der Waals surface area contributed by atoms with E-state index in [9.17, 15) is 22.8 Å². The van der Waals surface area contributed by atoms with Crippen molar-refractivity contribution < 1.29 is 32.2 Å². The van der Waals surface area contributed by atoms with Crippen LogP contribution in [0.2, 0.25) is 0 Å². The summed E-state index contributed by atoms with van der Waals surface area (Å²) >= 11 is 1.36. The molecule has 2 rings (SSSR count). The number of halogens is 3. The zero-order valence-corrected chi connectivity index (χ0v) is 13.8. The number of alkyl halides is 3. The molecule has 25 heavy (non-hydrogen) atoms. The van der Waals surface area contributed by atoms with Gasteiger partial charge in [0, 0.05) is 10.4 Å². The number of hydrogen-bond donors (Lipinski definition) is 1. The molecule has 0 saturated carbocycles. The molecular weight excluding hydrogens is 359 g/mol. The molecule has 134 valence electrons. The lowest BCUT2D eigenvalue weighted by Crippen LogP contribution is -2.30. The van der Waals surface area contributed by atoms with Crippen LogP contribution in [-0.2, 0) is 9.53 Å². The fourth-order valence-corrected chi connectivity index (χ4v) is 2.79. The number of carbonyl (C=O) groups is 2. The summed E-state index contributed by atoms with van der Waals surface area (Å²) in [4.78, 5) is 24.6. The van der Waals surface area contributed by atoms with Crippen LogP contribution in [0, 0.1) is 0 Å². The first-order chi connectivity index (χ1) is 11.8. The van der Waals surface area contributed by atoms with Gasteiger partial charge in [0.2, 0.25) is 0 Å². The Kier molecular flexibility index (Phi) is 6.02. The van der Waals surface area contributed by atoms with Gasteiger partial charge in [-0.05, 0) is 35.7 Å². The largest absolute Gasteiger partial charge is 0.573 e. The first-order valence-electron chi connectivity index (χ1n) is 7.05. The van der Waals surface area contributed by atoms with Gasteiger partial charge in [0.05, 0.1) is 19.6 Å². The fraction of sp³-hybridized carbons (Fsp3) is 0.250. The van der Waals surface area contributed by atoms with E-state index >= 15 is 0 Å². The van der Waals surface area contributed by atoms with Crippen LogP contribution in [0.15, 0.2) is 41.8 Å². The number of benzene rings is 1. The summed E-state index contributed by atoms with van der Waals surface area (Å²) in [7, 11) is 1.25. The topological polar surface area (TPSA) is 64.6 Å². The lowest BCUT2D eigenvalue weighted by molar-refractivity contribution is -0.274. The summed E-state index contributed by atoms with van der Waals surface area (Å²) < 4.78 is 44.8. The number of rotatable bonds is 6.